The van der Waals surface area contributed by atoms with Gasteiger partial charge in [-0.2, -0.15) is 10.2 Å². The lowest BCUT2D eigenvalue weighted by molar-refractivity contribution is -0.142. The summed E-state index contributed by atoms with van der Waals surface area (Å²) in [7, 11) is 0. The predicted molar refractivity (Wildman–Crippen MR) is 82.5 cm³/mol. The molecule has 2 rings (SSSR count). The predicted octanol–water partition coefficient (Wildman–Crippen LogP) is 2.11. The molecule has 20 heavy (non-hydrogen) atoms. The van der Waals surface area contributed by atoms with E-state index in [1.54, 1.807) is 49.4 Å². The number of H-pyrrole nitrogens is 1. The quantitative estimate of drug-likeness (QED) is 0.691. The highest BCUT2D eigenvalue weighted by molar-refractivity contribution is 8.23. The second-order valence-electron chi connectivity index (χ2n) is 3.50. The van der Waals surface area contributed by atoms with Crippen molar-refractivity contribution in [3.05, 3.63) is 36.9 Å². The van der Waals surface area contributed by atoms with Gasteiger partial charge in [0.05, 0.1) is 6.61 Å². The summed E-state index contributed by atoms with van der Waals surface area (Å²) in [5.74, 6) is -0.253. The highest BCUT2D eigenvalue weighted by atomic mass is 32.2. The zero-order chi connectivity index (χ0) is 14.8. The molecule has 0 saturated carbocycles. The third-order valence-electron chi connectivity index (χ3n) is 1.99. The van der Waals surface area contributed by atoms with Gasteiger partial charge in [-0.3, -0.25) is 9.89 Å². The Morgan fingerprint density at radius 3 is 2.75 bits per heavy atom. The second-order valence-corrected chi connectivity index (χ2v) is 5.47. The molecule has 1 unspecified atom stereocenters. The number of carbonyl (C=O) groups is 1. The Hall–Kier alpha value is -1.67. The first-order valence-corrected chi connectivity index (χ1v) is 7.25. The number of carbonyl (C=O) groups excluding carboxylic acids is 1. The van der Waals surface area contributed by atoms with Crippen molar-refractivity contribution in [3.8, 4) is 0 Å². The molecule has 2 heterocycles. The van der Waals surface area contributed by atoms with Gasteiger partial charge in [0.15, 0.2) is 4.32 Å². The van der Waals surface area contributed by atoms with Gasteiger partial charge in [-0.05, 0) is 26.0 Å². The zero-order valence-corrected chi connectivity index (χ0v) is 12.9. The molecular weight excluding hydrogens is 296 g/mol. The molecule has 6 nitrogen and oxygen atoms in total. The van der Waals surface area contributed by atoms with E-state index in [9.17, 15) is 4.79 Å². The number of aromatic nitrogens is 4. The smallest absolute Gasteiger partial charge is 0.319 e. The summed E-state index contributed by atoms with van der Waals surface area (Å²) in [6, 6.07) is 3.61. The van der Waals surface area contributed by atoms with Crippen LogP contribution in [0.5, 0.6) is 0 Å². The van der Waals surface area contributed by atoms with Crippen molar-refractivity contribution in [3.63, 3.8) is 0 Å². The molecule has 0 aliphatic carbocycles. The van der Waals surface area contributed by atoms with E-state index in [-0.39, 0.29) is 11.2 Å². The minimum absolute atomic E-state index is 0.253. The van der Waals surface area contributed by atoms with Crippen LogP contribution >= 0.6 is 24.0 Å². The number of esters is 1. The average molecular weight is 312 g/mol. The van der Waals surface area contributed by atoms with Crippen LogP contribution in [0.1, 0.15) is 13.8 Å². The van der Waals surface area contributed by atoms with Gasteiger partial charge in [0, 0.05) is 24.8 Å². The van der Waals surface area contributed by atoms with Gasteiger partial charge >= 0.3 is 5.97 Å². The summed E-state index contributed by atoms with van der Waals surface area (Å²) in [5.41, 5.74) is 0. The number of nitrogens with one attached hydrogen (secondary N) is 1. The molecule has 0 saturated heterocycles. The highest BCUT2D eigenvalue weighted by Gasteiger charge is 2.17. The Balaban J connectivity index is 0.000000333. The third kappa shape index (κ3) is 5.98. The lowest BCUT2D eigenvalue weighted by Crippen LogP contribution is -2.20. The van der Waals surface area contributed by atoms with Crippen molar-refractivity contribution in [2.45, 2.75) is 19.1 Å². The first-order valence-electron chi connectivity index (χ1n) is 5.96. The molecule has 2 aromatic heterocycles. The van der Waals surface area contributed by atoms with Crippen LogP contribution < -0.4 is 0 Å². The Kier molecular flexibility index (Phi) is 7.59. The molecule has 2 aromatic rings. The third-order valence-corrected chi connectivity index (χ3v) is 3.40. The van der Waals surface area contributed by atoms with Gasteiger partial charge in [0.2, 0.25) is 0 Å². The van der Waals surface area contributed by atoms with Crippen molar-refractivity contribution < 1.29 is 9.53 Å². The van der Waals surface area contributed by atoms with E-state index in [1.165, 1.54) is 11.8 Å². The van der Waals surface area contributed by atoms with E-state index in [2.05, 4.69) is 15.3 Å². The molecule has 0 spiro atoms. The monoisotopic (exact) mass is 312 g/mol. The highest BCUT2D eigenvalue weighted by Crippen LogP contribution is 2.15. The lowest BCUT2D eigenvalue weighted by Gasteiger charge is -2.10. The number of hydrogen-bond acceptors (Lipinski definition) is 6. The van der Waals surface area contributed by atoms with Gasteiger partial charge < -0.3 is 4.74 Å². The van der Waals surface area contributed by atoms with Gasteiger partial charge in [0.1, 0.15) is 5.25 Å². The van der Waals surface area contributed by atoms with Crippen molar-refractivity contribution in [2.24, 2.45) is 0 Å². The SMILES string of the molecule is CCOC(=O)C(C)SC(=S)n1cccn1.c1cn[nH]c1. The number of nitrogens with zero attached hydrogens (tertiary/aromatic N) is 3. The van der Waals surface area contributed by atoms with E-state index >= 15 is 0 Å². The second kappa shape index (κ2) is 9.27. The first-order chi connectivity index (χ1) is 9.65. The van der Waals surface area contributed by atoms with E-state index in [0.717, 1.165) is 0 Å². The molecule has 1 atom stereocenters. The Morgan fingerprint density at radius 2 is 2.30 bits per heavy atom. The summed E-state index contributed by atoms with van der Waals surface area (Å²) in [6.45, 7) is 3.93. The fraction of sp³-hybridized carbons (Fsp3) is 0.333. The largest absolute Gasteiger partial charge is 0.465 e. The molecule has 0 aliphatic heterocycles. The first kappa shape index (κ1) is 16.4. The summed E-state index contributed by atoms with van der Waals surface area (Å²) < 4.78 is 6.97. The topological polar surface area (TPSA) is 72.8 Å². The number of ether oxygens (including phenoxy) is 1. The molecular formula is C12H16N4O2S2. The summed E-state index contributed by atoms with van der Waals surface area (Å²) in [5, 5.41) is 9.88. The Bertz CT molecular complexity index is 482. The van der Waals surface area contributed by atoms with Crippen LogP contribution in [-0.4, -0.2) is 42.1 Å². The average Bonchev–Trinajstić information content (AvgIpc) is 3.14. The molecule has 0 aliphatic rings. The maximum atomic E-state index is 11.3. The fourth-order valence-electron chi connectivity index (χ4n) is 1.10. The fourth-order valence-corrected chi connectivity index (χ4v) is 2.33. The summed E-state index contributed by atoms with van der Waals surface area (Å²) >= 11 is 6.37. The minimum atomic E-state index is -0.304. The van der Waals surface area contributed by atoms with E-state index in [1.807, 2.05) is 6.07 Å². The zero-order valence-electron chi connectivity index (χ0n) is 11.2. The Morgan fingerprint density at radius 1 is 1.50 bits per heavy atom. The lowest BCUT2D eigenvalue weighted by atomic mass is 10.5. The van der Waals surface area contributed by atoms with E-state index in [0.29, 0.717) is 10.9 Å². The molecule has 0 bridgehead atoms. The van der Waals surface area contributed by atoms with Gasteiger partial charge in [-0.15, -0.1) is 0 Å². The van der Waals surface area contributed by atoms with Crippen molar-refractivity contribution in [2.75, 3.05) is 6.61 Å². The maximum absolute atomic E-state index is 11.3. The Labute approximate surface area is 126 Å². The van der Waals surface area contributed by atoms with Gasteiger partial charge in [-0.1, -0.05) is 24.0 Å². The van der Waals surface area contributed by atoms with Crippen molar-refractivity contribution in [1.82, 2.24) is 20.0 Å². The molecule has 1 N–H and O–H groups in total. The van der Waals surface area contributed by atoms with Crippen LogP contribution in [0.25, 0.3) is 0 Å². The van der Waals surface area contributed by atoms with Crippen LogP contribution in [0, 0.1) is 0 Å². The molecule has 0 aromatic carbocycles. The molecule has 0 fully saturated rings. The summed E-state index contributed by atoms with van der Waals surface area (Å²) in [4.78, 5) is 11.3. The molecule has 0 amide bonds. The van der Waals surface area contributed by atoms with Crippen LogP contribution in [0.4, 0.5) is 0 Å². The number of rotatable bonds is 3. The van der Waals surface area contributed by atoms with E-state index < -0.39 is 0 Å². The minimum Gasteiger partial charge on any atom is -0.465 e. The van der Waals surface area contributed by atoms with Crippen LogP contribution in [0.3, 0.4) is 0 Å². The molecule has 108 valence electrons. The molecule has 8 heteroatoms. The van der Waals surface area contributed by atoms with Crippen molar-refractivity contribution >= 4 is 34.3 Å². The number of aromatic amines is 1. The maximum Gasteiger partial charge on any atom is 0.319 e. The van der Waals surface area contributed by atoms with Crippen molar-refractivity contribution in [1.29, 1.82) is 0 Å². The molecule has 0 radical (unpaired) electrons. The normalized spacial score (nSPS) is 11.1. The van der Waals surface area contributed by atoms with Gasteiger partial charge in [-0.25, -0.2) is 4.68 Å². The van der Waals surface area contributed by atoms with Crippen LogP contribution in [-0.2, 0) is 9.53 Å². The van der Waals surface area contributed by atoms with Gasteiger partial charge in [0.25, 0.3) is 0 Å². The van der Waals surface area contributed by atoms with E-state index in [4.69, 9.17) is 17.0 Å². The van der Waals surface area contributed by atoms with Crippen LogP contribution in [0.2, 0.25) is 0 Å². The number of thiocarbonyl (C=S) groups is 1. The number of thioether (sulfide) groups is 1. The number of hydrogen-bond donors (Lipinski definition) is 1. The standard InChI is InChI=1S/C9H12N2O2S2.C3H4N2/c1-3-13-8(12)7(2)15-9(14)11-6-4-5-10-11;1-2-4-5-3-1/h4-7H,3H2,1-2H3;1-3H,(H,4,5). The van der Waals surface area contributed by atoms with Crippen LogP contribution in [0.15, 0.2) is 36.9 Å². The summed E-state index contributed by atoms with van der Waals surface area (Å²) in [6.07, 6.45) is 6.84.